The standard InChI is InChI=1S/C34H37N5O6Si/c1-21-31(46(3,4)43)30(15-17-38-20-22(16-18-40)35-36-38)45-34(21)25-19-23(13-14-26(25)37(2)33(34)42)39-27-10-6-8-12-29(27)44-28-11-7-5-9-24(28)32(39)41/h5-14,19-21,30-31,40,43H,15-18H2,1-4H3/t21-,30+,31-,34+/m0/s1. The summed E-state index contributed by atoms with van der Waals surface area (Å²) >= 11 is 0. The van der Waals surface area contributed by atoms with Crippen molar-refractivity contribution in [2.75, 3.05) is 23.5 Å². The number of benzene rings is 3. The summed E-state index contributed by atoms with van der Waals surface area (Å²) in [6.07, 6.45) is 2.30. The molecule has 1 saturated heterocycles. The van der Waals surface area contributed by atoms with E-state index in [-0.39, 0.29) is 29.9 Å². The summed E-state index contributed by atoms with van der Waals surface area (Å²) in [4.78, 5) is 43.4. The van der Waals surface area contributed by atoms with E-state index in [1.165, 1.54) is 0 Å². The van der Waals surface area contributed by atoms with Crippen LogP contribution in [0.5, 0.6) is 11.5 Å². The minimum absolute atomic E-state index is 0.0119. The van der Waals surface area contributed by atoms with Gasteiger partial charge in [0.1, 0.15) is 5.75 Å². The van der Waals surface area contributed by atoms with Crippen molar-refractivity contribution in [3.8, 4) is 11.5 Å². The highest BCUT2D eigenvalue weighted by atomic mass is 28.4. The van der Waals surface area contributed by atoms with Crippen molar-refractivity contribution >= 4 is 37.2 Å². The number of anilines is 3. The highest BCUT2D eigenvalue weighted by Crippen LogP contribution is 2.60. The minimum atomic E-state index is -2.87. The Balaban J connectivity index is 1.31. The predicted molar refractivity (Wildman–Crippen MR) is 174 cm³/mol. The Morgan fingerprint density at radius 3 is 2.50 bits per heavy atom. The first-order valence-corrected chi connectivity index (χ1v) is 18.6. The Morgan fingerprint density at radius 1 is 1.00 bits per heavy atom. The van der Waals surface area contributed by atoms with E-state index in [4.69, 9.17) is 9.47 Å². The van der Waals surface area contributed by atoms with Crippen molar-refractivity contribution in [2.24, 2.45) is 5.92 Å². The maximum absolute atomic E-state index is 14.3. The van der Waals surface area contributed by atoms with E-state index < -0.39 is 20.0 Å². The zero-order valence-electron chi connectivity index (χ0n) is 26.3. The Bertz CT molecular complexity index is 1840. The molecule has 0 bridgehead atoms. The molecular weight excluding hydrogens is 602 g/mol. The molecule has 3 aliphatic rings. The molecule has 0 unspecified atom stereocenters. The number of nitrogens with zero attached hydrogens (tertiary/aromatic N) is 5. The average molecular weight is 640 g/mol. The number of para-hydroxylation sites is 3. The van der Waals surface area contributed by atoms with Crippen LogP contribution in [-0.4, -0.2) is 64.8 Å². The second kappa shape index (κ2) is 11.2. The predicted octanol–water partition coefficient (Wildman–Crippen LogP) is 4.76. The van der Waals surface area contributed by atoms with Crippen molar-refractivity contribution in [1.29, 1.82) is 0 Å². The smallest absolute Gasteiger partial charge is 0.266 e. The van der Waals surface area contributed by atoms with Gasteiger partial charge in [0.05, 0.1) is 28.7 Å². The first-order valence-electron chi connectivity index (χ1n) is 15.6. The number of ether oxygens (including phenoxy) is 2. The number of aliphatic hydroxyl groups is 1. The molecular formula is C34H37N5O6Si. The second-order valence-electron chi connectivity index (χ2n) is 12.9. The largest absolute Gasteiger partial charge is 0.454 e. The van der Waals surface area contributed by atoms with Crippen LogP contribution in [0.15, 0.2) is 72.9 Å². The highest BCUT2D eigenvalue weighted by Gasteiger charge is 2.65. The number of hydrogen-bond acceptors (Lipinski definition) is 8. The minimum Gasteiger partial charge on any atom is -0.454 e. The molecule has 3 aromatic carbocycles. The van der Waals surface area contributed by atoms with E-state index in [1.807, 2.05) is 68.5 Å². The monoisotopic (exact) mass is 639 g/mol. The molecule has 12 heteroatoms. The molecule has 4 heterocycles. The van der Waals surface area contributed by atoms with Crippen molar-refractivity contribution < 1.29 is 29.0 Å². The molecule has 238 valence electrons. The molecule has 4 aromatic rings. The average Bonchev–Trinajstić information content (AvgIpc) is 3.64. The molecule has 0 saturated carbocycles. The van der Waals surface area contributed by atoms with Crippen LogP contribution in [0, 0.1) is 5.92 Å². The van der Waals surface area contributed by atoms with Gasteiger partial charge in [-0.1, -0.05) is 36.4 Å². The Labute approximate surface area is 268 Å². The second-order valence-corrected chi connectivity index (χ2v) is 16.8. The number of likely N-dealkylation sites (N-methyl/N-ethyl adjacent to an activating group) is 1. The van der Waals surface area contributed by atoms with Gasteiger partial charge in [-0.05, 0) is 62.0 Å². The maximum atomic E-state index is 14.3. The summed E-state index contributed by atoms with van der Waals surface area (Å²) in [6.45, 7) is 6.24. The van der Waals surface area contributed by atoms with Crippen LogP contribution in [0.3, 0.4) is 0 Å². The molecule has 46 heavy (non-hydrogen) atoms. The van der Waals surface area contributed by atoms with Crippen LogP contribution in [0.25, 0.3) is 0 Å². The lowest BCUT2D eigenvalue weighted by Gasteiger charge is -2.32. The SMILES string of the molecule is C[C@H]1[C@H]([Si](C)(C)O)[C@@H](CCn2cc(CCO)nn2)O[C@]12C(=O)N(C)c1ccc(N3C(=O)c4ccccc4Oc4ccccc43)cc12. The van der Waals surface area contributed by atoms with Gasteiger partial charge in [0.2, 0.25) is 0 Å². The lowest BCUT2D eigenvalue weighted by atomic mass is 9.82. The van der Waals surface area contributed by atoms with Gasteiger partial charge in [-0.3, -0.25) is 19.2 Å². The molecule has 2 amide bonds. The quantitative estimate of drug-likeness (QED) is 0.277. The molecule has 1 spiro atoms. The molecule has 1 aromatic heterocycles. The number of aliphatic hydroxyl groups excluding tert-OH is 1. The molecule has 4 atom stereocenters. The molecule has 7 rings (SSSR count). The van der Waals surface area contributed by atoms with Gasteiger partial charge in [-0.2, -0.15) is 0 Å². The number of amides is 2. The van der Waals surface area contributed by atoms with Crippen LogP contribution in [0.2, 0.25) is 18.6 Å². The maximum Gasteiger partial charge on any atom is 0.266 e. The number of rotatable bonds is 7. The van der Waals surface area contributed by atoms with E-state index in [0.717, 1.165) is 0 Å². The fourth-order valence-electron chi connectivity index (χ4n) is 7.58. The summed E-state index contributed by atoms with van der Waals surface area (Å²) in [5, 5.41) is 17.6. The van der Waals surface area contributed by atoms with Crippen molar-refractivity contribution in [2.45, 2.75) is 56.7 Å². The first-order chi connectivity index (χ1) is 22.0. The molecule has 3 aliphatic heterocycles. The number of aryl methyl sites for hydroxylation is 1. The fraction of sp³-hybridized carbons (Fsp3) is 0.353. The van der Waals surface area contributed by atoms with E-state index >= 15 is 0 Å². The third kappa shape index (κ3) is 4.66. The summed E-state index contributed by atoms with van der Waals surface area (Å²) in [5.41, 5.74) is 2.05. The van der Waals surface area contributed by atoms with Gasteiger partial charge in [0.25, 0.3) is 11.8 Å². The normalized spacial score (nSPS) is 23.7. The van der Waals surface area contributed by atoms with Crippen LogP contribution in [0.1, 0.15) is 35.0 Å². The molecule has 0 radical (unpaired) electrons. The van der Waals surface area contributed by atoms with Gasteiger partial charge in [0.15, 0.2) is 19.7 Å². The lowest BCUT2D eigenvalue weighted by Crippen LogP contribution is -2.45. The number of carbonyl (C=O) groups excluding carboxylic acids is 2. The number of carbonyl (C=O) groups is 2. The lowest BCUT2D eigenvalue weighted by molar-refractivity contribution is -0.145. The third-order valence-electron chi connectivity index (χ3n) is 9.60. The van der Waals surface area contributed by atoms with E-state index in [1.54, 1.807) is 45.9 Å². The topological polar surface area (TPSA) is 130 Å². The van der Waals surface area contributed by atoms with E-state index in [0.29, 0.717) is 64.8 Å². The molecule has 2 N–H and O–H groups in total. The zero-order chi connectivity index (χ0) is 32.4. The van der Waals surface area contributed by atoms with Crippen molar-refractivity contribution in [1.82, 2.24) is 15.0 Å². The fourth-order valence-corrected chi connectivity index (χ4v) is 10.2. The van der Waals surface area contributed by atoms with Gasteiger partial charge in [0, 0.05) is 55.5 Å². The molecule has 11 nitrogen and oxygen atoms in total. The Hall–Kier alpha value is -4.36. The van der Waals surface area contributed by atoms with Gasteiger partial charge in [-0.15, -0.1) is 5.10 Å². The zero-order valence-corrected chi connectivity index (χ0v) is 27.3. The Kier molecular flexibility index (Phi) is 7.35. The van der Waals surface area contributed by atoms with Gasteiger partial charge in [-0.25, -0.2) is 0 Å². The molecule has 1 fully saturated rings. The first kappa shape index (κ1) is 30.3. The van der Waals surface area contributed by atoms with Crippen molar-refractivity contribution in [3.05, 3.63) is 89.7 Å². The number of aromatic nitrogens is 3. The number of fused-ring (bicyclic) bond motifs is 4. The number of hydrogen-bond donors (Lipinski definition) is 2. The van der Waals surface area contributed by atoms with Gasteiger partial charge < -0.3 is 24.3 Å². The Morgan fingerprint density at radius 2 is 1.74 bits per heavy atom. The summed E-state index contributed by atoms with van der Waals surface area (Å²) < 4.78 is 14.8. The van der Waals surface area contributed by atoms with E-state index in [2.05, 4.69) is 10.3 Å². The summed E-state index contributed by atoms with van der Waals surface area (Å²) in [6, 6.07) is 20.2. The van der Waals surface area contributed by atoms with Gasteiger partial charge >= 0.3 is 0 Å². The summed E-state index contributed by atoms with van der Waals surface area (Å²) in [7, 11) is -1.13. The third-order valence-corrected chi connectivity index (χ3v) is 12.1. The van der Waals surface area contributed by atoms with Crippen LogP contribution in [-0.2, 0) is 28.1 Å². The van der Waals surface area contributed by atoms with Crippen LogP contribution < -0.4 is 14.5 Å². The highest BCUT2D eigenvalue weighted by molar-refractivity contribution is 6.71. The summed E-state index contributed by atoms with van der Waals surface area (Å²) in [5.74, 6) is 0.214. The van der Waals surface area contributed by atoms with Crippen molar-refractivity contribution in [3.63, 3.8) is 0 Å². The van der Waals surface area contributed by atoms with Crippen LogP contribution in [0.4, 0.5) is 17.1 Å². The van der Waals surface area contributed by atoms with E-state index in [9.17, 15) is 19.5 Å². The van der Waals surface area contributed by atoms with Crippen LogP contribution >= 0.6 is 0 Å². The molecule has 0 aliphatic carbocycles.